The highest BCUT2D eigenvalue weighted by Crippen LogP contribution is 2.24. The topological polar surface area (TPSA) is 35.5 Å². The fourth-order valence-electron chi connectivity index (χ4n) is 2.08. The van der Waals surface area contributed by atoms with Gasteiger partial charge in [-0.2, -0.15) is 0 Å². The van der Waals surface area contributed by atoms with Gasteiger partial charge in [0, 0.05) is 5.56 Å². The number of hydrogen-bond acceptors (Lipinski definition) is 3. The van der Waals surface area contributed by atoms with Crippen molar-refractivity contribution in [3.8, 4) is 5.75 Å². The molecule has 2 rings (SSSR count). The lowest BCUT2D eigenvalue weighted by molar-refractivity contribution is -0.143. The number of benzene rings is 2. The molecule has 1 unspecified atom stereocenters. The van der Waals surface area contributed by atoms with Gasteiger partial charge in [0.15, 0.2) is 0 Å². The molecule has 0 fully saturated rings. The van der Waals surface area contributed by atoms with Gasteiger partial charge in [0.2, 0.25) is 0 Å². The van der Waals surface area contributed by atoms with Crippen LogP contribution in [-0.2, 0) is 9.53 Å². The molecule has 0 aliphatic carbocycles. The lowest BCUT2D eigenvalue weighted by Gasteiger charge is -2.17. The fourth-order valence-corrected chi connectivity index (χ4v) is 2.08. The van der Waals surface area contributed by atoms with Crippen molar-refractivity contribution < 1.29 is 18.7 Å². The Labute approximate surface area is 123 Å². The van der Waals surface area contributed by atoms with Crippen LogP contribution in [0.1, 0.15) is 17.0 Å². The van der Waals surface area contributed by atoms with Crippen molar-refractivity contribution in [2.45, 2.75) is 12.8 Å². The lowest BCUT2D eigenvalue weighted by Crippen LogP contribution is -2.22. The molecular formula is C17H17FO3. The molecule has 21 heavy (non-hydrogen) atoms. The van der Waals surface area contributed by atoms with Gasteiger partial charge in [-0.15, -0.1) is 0 Å². The third-order valence-electron chi connectivity index (χ3n) is 3.27. The molecule has 110 valence electrons. The highest BCUT2D eigenvalue weighted by molar-refractivity contribution is 5.78. The van der Waals surface area contributed by atoms with Gasteiger partial charge in [-0.1, -0.05) is 36.4 Å². The Hall–Kier alpha value is -2.36. The Balaban J connectivity index is 2.21. The SMILES string of the molecule is COC(=O)C(COc1ccccc1C)c1ccccc1F. The summed E-state index contributed by atoms with van der Waals surface area (Å²) in [7, 11) is 1.28. The van der Waals surface area contributed by atoms with Gasteiger partial charge < -0.3 is 9.47 Å². The van der Waals surface area contributed by atoms with Crippen LogP contribution in [-0.4, -0.2) is 19.7 Å². The first-order chi connectivity index (χ1) is 10.1. The molecule has 0 saturated heterocycles. The summed E-state index contributed by atoms with van der Waals surface area (Å²) in [5, 5.41) is 0. The van der Waals surface area contributed by atoms with Crippen LogP contribution >= 0.6 is 0 Å². The van der Waals surface area contributed by atoms with Crippen molar-refractivity contribution in [3.05, 3.63) is 65.5 Å². The molecule has 2 aromatic rings. The number of carbonyl (C=O) groups excluding carboxylic acids is 1. The van der Waals surface area contributed by atoms with Crippen LogP contribution in [0, 0.1) is 12.7 Å². The van der Waals surface area contributed by atoms with E-state index in [9.17, 15) is 9.18 Å². The zero-order valence-corrected chi connectivity index (χ0v) is 12.0. The van der Waals surface area contributed by atoms with Gasteiger partial charge in [0.25, 0.3) is 0 Å². The smallest absolute Gasteiger partial charge is 0.316 e. The number of ether oxygens (including phenoxy) is 2. The second-order valence-corrected chi connectivity index (χ2v) is 4.67. The molecule has 0 saturated carbocycles. The van der Waals surface area contributed by atoms with Crippen molar-refractivity contribution in [2.24, 2.45) is 0 Å². The van der Waals surface area contributed by atoms with E-state index < -0.39 is 17.7 Å². The molecule has 2 aromatic carbocycles. The number of esters is 1. The van der Waals surface area contributed by atoms with E-state index in [1.165, 1.54) is 13.2 Å². The Morgan fingerprint density at radius 1 is 1.14 bits per heavy atom. The maximum atomic E-state index is 13.9. The second kappa shape index (κ2) is 6.88. The number of halogens is 1. The van der Waals surface area contributed by atoms with Gasteiger partial charge in [0.05, 0.1) is 7.11 Å². The molecule has 0 amide bonds. The Morgan fingerprint density at radius 2 is 1.81 bits per heavy atom. The van der Waals surface area contributed by atoms with E-state index in [0.717, 1.165) is 5.56 Å². The fraction of sp³-hybridized carbons (Fsp3) is 0.235. The summed E-state index contributed by atoms with van der Waals surface area (Å²) < 4.78 is 24.3. The summed E-state index contributed by atoms with van der Waals surface area (Å²) in [6.45, 7) is 1.93. The second-order valence-electron chi connectivity index (χ2n) is 4.67. The molecule has 0 radical (unpaired) electrons. The van der Waals surface area contributed by atoms with E-state index in [1.54, 1.807) is 18.2 Å². The molecule has 0 bridgehead atoms. The summed E-state index contributed by atoms with van der Waals surface area (Å²) in [4.78, 5) is 11.9. The Morgan fingerprint density at radius 3 is 2.48 bits per heavy atom. The van der Waals surface area contributed by atoms with Crippen molar-refractivity contribution in [3.63, 3.8) is 0 Å². The minimum Gasteiger partial charge on any atom is -0.492 e. The van der Waals surface area contributed by atoms with E-state index in [4.69, 9.17) is 9.47 Å². The highest BCUT2D eigenvalue weighted by atomic mass is 19.1. The first kappa shape index (κ1) is 15.0. The van der Waals surface area contributed by atoms with Crippen molar-refractivity contribution >= 4 is 5.97 Å². The standard InChI is InChI=1S/C17H17FO3/c1-12-7-3-6-10-16(12)21-11-14(17(19)20-2)13-8-4-5-9-15(13)18/h3-10,14H,11H2,1-2H3. The van der Waals surface area contributed by atoms with Crippen LogP contribution in [0.5, 0.6) is 5.75 Å². The van der Waals surface area contributed by atoms with Crippen molar-refractivity contribution in [1.29, 1.82) is 0 Å². The molecule has 0 aliphatic heterocycles. The number of hydrogen-bond donors (Lipinski definition) is 0. The van der Waals surface area contributed by atoms with Crippen LogP contribution in [0.15, 0.2) is 48.5 Å². The minimum atomic E-state index is -0.796. The lowest BCUT2D eigenvalue weighted by atomic mass is 9.99. The predicted octanol–water partition coefficient (Wildman–Crippen LogP) is 3.47. The monoisotopic (exact) mass is 288 g/mol. The summed E-state index contributed by atoms with van der Waals surface area (Å²) in [5.41, 5.74) is 1.23. The molecule has 4 heteroatoms. The van der Waals surface area contributed by atoms with Gasteiger partial charge in [-0.3, -0.25) is 4.79 Å². The molecule has 0 heterocycles. The molecule has 0 N–H and O–H groups in total. The van der Waals surface area contributed by atoms with Crippen LogP contribution in [0.4, 0.5) is 4.39 Å². The van der Waals surface area contributed by atoms with E-state index >= 15 is 0 Å². The normalized spacial score (nSPS) is 11.8. The average Bonchev–Trinajstić information content (AvgIpc) is 2.50. The maximum absolute atomic E-state index is 13.9. The van der Waals surface area contributed by atoms with E-state index in [-0.39, 0.29) is 12.2 Å². The Kier molecular flexibility index (Phi) is 4.93. The summed E-state index contributed by atoms with van der Waals surface area (Å²) in [5.74, 6) is -1.09. The van der Waals surface area contributed by atoms with Gasteiger partial charge >= 0.3 is 5.97 Å². The molecule has 3 nitrogen and oxygen atoms in total. The Bertz CT molecular complexity index is 625. The van der Waals surface area contributed by atoms with E-state index in [1.807, 2.05) is 31.2 Å². The number of methoxy groups -OCH3 is 1. The predicted molar refractivity (Wildman–Crippen MR) is 77.8 cm³/mol. The highest BCUT2D eigenvalue weighted by Gasteiger charge is 2.25. The molecule has 0 spiro atoms. The van der Waals surface area contributed by atoms with Gasteiger partial charge in [-0.05, 0) is 24.6 Å². The first-order valence-corrected chi connectivity index (χ1v) is 6.64. The van der Waals surface area contributed by atoms with Gasteiger partial charge in [-0.25, -0.2) is 4.39 Å². The van der Waals surface area contributed by atoms with Crippen LogP contribution in [0.3, 0.4) is 0 Å². The van der Waals surface area contributed by atoms with Crippen LogP contribution < -0.4 is 4.74 Å². The van der Waals surface area contributed by atoms with Crippen LogP contribution in [0.25, 0.3) is 0 Å². The number of rotatable bonds is 5. The minimum absolute atomic E-state index is 0.0262. The van der Waals surface area contributed by atoms with E-state index in [0.29, 0.717) is 5.75 Å². The zero-order chi connectivity index (χ0) is 15.2. The maximum Gasteiger partial charge on any atom is 0.316 e. The number of aryl methyl sites for hydroxylation is 1. The van der Waals surface area contributed by atoms with Crippen LogP contribution in [0.2, 0.25) is 0 Å². The van der Waals surface area contributed by atoms with Crippen molar-refractivity contribution in [2.75, 3.05) is 13.7 Å². The largest absolute Gasteiger partial charge is 0.492 e. The average molecular weight is 288 g/mol. The molecular weight excluding hydrogens is 271 g/mol. The summed E-state index contributed by atoms with van der Waals surface area (Å²) in [6, 6.07) is 13.6. The summed E-state index contributed by atoms with van der Waals surface area (Å²) >= 11 is 0. The molecule has 0 aliphatic rings. The van der Waals surface area contributed by atoms with E-state index in [2.05, 4.69) is 0 Å². The van der Waals surface area contributed by atoms with Gasteiger partial charge in [0.1, 0.15) is 24.1 Å². The number of carbonyl (C=O) groups is 1. The summed E-state index contributed by atoms with van der Waals surface area (Å²) in [6.07, 6.45) is 0. The third-order valence-corrected chi connectivity index (χ3v) is 3.27. The van der Waals surface area contributed by atoms with Crippen molar-refractivity contribution in [1.82, 2.24) is 0 Å². The molecule has 0 aromatic heterocycles. The zero-order valence-electron chi connectivity index (χ0n) is 12.0. The first-order valence-electron chi connectivity index (χ1n) is 6.64. The third kappa shape index (κ3) is 3.60. The number of para-hydroxylation sites is 1. The molecule has 1 atom stereocenters. The quantitative estimate of drug-likeness (QED) is 0.790.